The number of alkyl halides is 1. The quantitative estimate of drug-likeness (QED) is 0.712. The third-order valence-electron chi connectivity index (χ3n) is 4.26. The van der Waals surface area contributed by atoms with E-state index < -0.39 is 0 Å². The van der Waals surface area contributed by atoms with Gasteiger partial charge in [-0.3, -0.25) is 0 Å². The molecule has 0 amide bonds. The maximum Gasteiger partial charge on any atom is 0.0221 e. The summed E-state index contributed by atoms with van der Waals surface area (Å²) >= 11 is 3.82. The number of nitrogens with zero attached hydrogens (tertiary/aromatic N) is 1. The van der Waals surface area contributed by atoms with Gasteiger partial charge in [0.25, 0.3) is 0 Å². The molecule has 2 unspecified atom stereocenters. The number of piperidine rings is 1. The molecule has 2 heteroatoms. The largest absolute Gasteiger partial charge is 0.303 e. The van der Waals surface area contributed by atoms with Crippen LogP contribution >= 0.6 is 15.9 Å². The lowest BCUT2D eigenvalue weighted by Gasteiger charge is -2.40. The Morgan fingerprint density at radius 1 is 1.13 bits per heavy atom. The summed E-state index contributed by atoms with van der Waals surface area (Å²) < 4.78 is 0. The van der Waals surface area contributed by atoms with E-state index in [9.17, 15) is 0 Å². The van der Waals surface area contributed by atoms with Crippen LogP contribution in [0.15, 0.2) is 0 Å². The molecule has 15 heavy (non-hydrogen) atoms. The summed E-state index contributed by atoms with van der Waals surface area (Å²) in [5.74, 6) is 2.70. The SMILES string of the molecule is CC1CN(CCC2CCC2)CC(C)C1Br. The van der Waals surface area contributed by atoms with Gasteiger partial charge in [-0.25, -0.2) is 0 Å². The number of hydrogen-bond acceptors (Lipinski definition) is 1. The van der Waals surface area contributed by atoms with Crippen LogP contribution in [0, 0.1) is 17.8 Å². The Morgan fingerprint density at radius 2 is 1.73 bits per heavy atom. The summed E-state index contributed by atoms with van der Waals surface area (Å²) in [7, 11) is 0. The molecule has 2 rings (SSSR count). The Labute approximate surface area is 103 Å². The fourth-order valence-corrected chi connectivity index (χ4v) is 3.31. The van der Waals surface area contributed by atoms with Gasteiger partial charge in [-0.05, 0) is 30.7 Å². The highest BCUT2D eigenvalue weighted by atomic mass is 79.9. The van der Waals surface area contributed by atoms with Crippen molar-refractivity contribution < 1.29 is 0 Å². The van der Waals surface area contributed by atoms with Crippen molar-refractivity contribution in [2.45, 2.75) is 44.4 Å². The first-order valence-electron chi connectivity index (χ1n) is 6.53. The zero-order chi connectivity index (χ0) is 10.8. The molecular formula is C13H24BrN. The maximum absolute atomic E-state index is 3.82. The standard InChI is InChI=1S/C13H24BrN/c1-10-8-15(9-11(2)13(10)14)7-6-12-4-3-5-12/h10-13H,3-9H2,1-2H3. The fourth-order valence-electron chi connectivity index (χ4n) is 2.98. The molecule has 0 aromatic carbocycles. The summed E-state index contributed by atoms with van der Waals surface area (Å²) in [6, 6.07) is 0. The maximum atomic E-state index is 3.82. The first kappa shape index (κ1) is 11.9. The van der Waals surface area contributed by atoms with Crippen molar-refractivity contribution in [2.24, 2.45) is 17.8 Å². The zero-order valence-corrected chi connectivity index (χ0v) is 11.7. The van der Waals surface area contributed by atoms with Gasteiger partial charge in [-0.2, -0.15) is 0 Å². The van der Waals surface area contributed by atoms with Gasteiger partial charge in [0.15, 0.2) is 0 Å². The molecule has 0 bridgehead atoms. The van der Waals surface area contributed by atoms with Crippen LogP contribution in [0.5, 0.6) is 0 Å². The predicted octanol–water partition coefficient (Wildman–Crippen LogP) is 3.53. The summed E-state index contributed by atoms with van der Waals surface area (Å²) in [5.41, 5.74) is 0. The topological polar surface area (TPSA) is 3.24 Å². The zero-order valence-electron chi connectivity index (χ0n) is 10.1. The van der Waals surface area contributed by atoms with Gasteiger partial charge in [0.2, 0.25) is 0 Å². The molecule has 1 nitrogen and oxygen atoms in total. The van der Waals surface area contributed by atoms with Crippen molar-refractivity contribution in [2.75, 3.05) is 19.6 Å². The smallest absolute Gasteiger partial charge is 0.0221 e. The van der Waals surface area contributed by atoms with Crippen molar-refractivity contribution in [1.82, 2.24) is 4.90 Å². The molecule has 0 N–H and O–H groups in total. The fraction of sp³-hybridized carbons (Fsp3) is 1.00. The van der Waals surface area contributed by atoms with E-state index >= 15 is 0 Å². The summed E-state index contributed by atoms with van der Waals surface area (Å²) in [5, 5.41) is 0. The van der Waals surface area contributed by atoms with Crippen LogP contribution in [0.2, 0.25) is 0 Å². The van der Waals surface area contributed by atoms with E-state index in [2.05, 4.69) is 34.7 Å². The van der Waals surface area contributed by atoms with E-state index in [0.29, 0.717) is 0 Å². The summed E-state index contributed by atoms with van der Waals surface area (Å²) in [6.45, 7) is 8.70. The normalized spacial score (nSPS) is 39.0. The molecule has 0 radical (unpaired) electrons. The number of rotatable bonds is 3. The monoisotopic (exact) mass is 273 g/mol. The first-order valence-corrected chi connectivity index (χ1v) is 7.45. The summed E-state index contributed by atoms with van der Waals surface area (Å²) in [4.78, 5) is 3.42. The van der Waals surface area contributed by atoms with Crippen LogP contribution in [0.25, 0.3) is 0 Å². The van der Waals surface area contributed by atoms with E-state index in [1.165, 1.54) is 45.3 Å². The van der Waals surface area contributed by atoms with Gasteiger partial charge in [0.1, 0.15) is 0 Å². The molecule has 0 aromatic heterocycles. The lowest BCUT2D eigenvalue weighted by atomic mass is 9.82. The second kappa shape index (κ2) is 5.18. The van der Waals surface area contributed by atoms with E-state index in [1.807, 2.05) is 0 Å². The van der Waals surface area contributed by atoms with Crippen molar-refractivity contribution in [1.29, 1.82) is 0 Å². The molecule has 2 aliphatic rings. The van der Waals surface area contributed by atoms with E-state index in [-0.39, 0.29) is 0 Å². The molecule has 2 atom stereocenters. The Balaban J connectivity index is 1.73. The van der Waals surface area contributed by atoms with Crippen molar-refractivity contribution >= 4 is 15.9 Å². The molecule has 0 aromatic rings. The predicted molar refractivity (Wildman–Crippen MR) is 69.4 cm³/mol. The van der Waals surface area contributed by atoms with Crippen molar-refractivity contribution in [3.8, 4) is 0 Å². The van der Waals surface area contributed by atoms with E-state index in [4.69, 9.17) is 0 Å². The van der Waals surface area contributed by atoms with Gasteiger partial charge in [0.05, 0.1) is 0 Å². The lowest BCUT2D eigenvalue weighted by Crippen LogP contribution is -2.45. The van der Waals surface area contributed by atoms with Gasteiger partial charge < -0.3 is 4.90 Å². The van der Waals surface area contributed by atoms with Crippen LogP contribution in [-0.4, -0.2) is 29.4 Å². The third kappa shape index (κ3) is 2.97. The van der Waals surface area contributed by atoms with Crippen LogP contribution in [0.1, 0.15) is 39.5 Å². The second-order valence-corrected chi connectivity index (χ2v) is 6.80. The molecule has 2 fully saturated rings. The van der Waals surface area contributed by atoms with Crippen LogP contribution in [0.4, 0.5) is 0 Å². The molecule has 1 aliphatic carbocycles. The highest BCUT2D eigenvalue weighted by Gasteiger charge is 2.30. The molecule has 0 spiro atoms. The molecule has 1 heterocycles. The average Bonchev–Trinajstić information content (AvgIpc) is 2.11. The number of hydrogen-bond donors (Lipinski definition) is 0. The van der Waals surface area contributed by atoms with Gasteiger partial charge >= 0.3 is 0 Å². The van der Waals surface area contributed by atoms with Crippen molar-refractivity contribution in [3.05, 3.63) is 0 Å². The lowest BCUT2D eigenvalue weighted by molar-refractivity contribution is 0.131. The van der Waals surface area contributed by atoms with E-state index in [0.717, 1.165) is 22.6 Å². The van der Waals surface area contributed by atoms with Crippen LogP contribution in [0.3, 0.4) is 0 Å². The minimum atomic E-state index is 0.734. The molecular weight excluding hydrogens is 250 g/mol. The van der Waals surface area contributed by atoms with Gasteiger partial charge in [-0.1, -0.05) is 49.0 Å². The number of likely N-dealkylation sites (tertiary alicyclic amines) is 1. The average molecular weight is 274 g/mol. The third-order valence-corrected chi connectivity index (χ3v) is 6.06. The molecule has 1 saturated carbocycles. The Bertz CT molecular complexity index is 191. The molecule has 1 aliphatic heterocycles. The Kier molecular flexibility index (Phi) is 4.11. The van der Waals surface area contributed by atoms with Crippen LogP contribution in [-0.2, 0) is 0 Å². The minimum Gasteiger partial charge on any atom is -0.303 e. The number of halogens is 1. The highest BCUT2D eigenvalue weighted by Crippen LogP contribution is 2.32. The van der Waals surface area contributed by atoms with E-state index in [1.54, 1.807) is 0 Å². The molecule has 88 valence electrons. The Hall–Kier alpha value is 0.440. The first-order chi connectivity index (χ1) is 7.16. The highest BCUT2D eigenvalue weighted by molar-refractivity contribution is 9.09. The van der Waals surface area contributed by atoms with Gasteiger partial charge in [0, 0.05) is 17.9 Å². The van der Waals surface area contributed by atoms with Crippen molar-refractivity contribution in [3.63, 3.8) is 0 Å². The minimum absolute atomic E-state index is 0.734. The Morgan fingerprint density at radius 3 is 2.20 bits per heavy atom. The summed E-state index contributed by atoms with van der Waals surface area (Å²) in [6.07, 6.45) is 5.94. The van der Waals surface area contributed by atoms with Crippen LogP contribution < -0.4 is 0 Å². The van der Waals surface area contributed by atoms with Gasteiger partial charge in [-0.15, -0.1) is 0 Å². The molecule has 1 saturated heterocycles. The second-order valence-electron chi connectivity index (χ2n) is 5.74.